The van der Waals surface area contributed by atoms with Gasteiger partial charge < -0.3 is 5.11 Å². The van der Waals surface area contributed by atoms with Crippen molar-refractivity contribution >= 4 is 5.97 Å². The van der Waals surface area contributed by atoms with Gasteiger partial charge in [-0.3, -0.25) is 0 Å². The largest absolute Gasteiger partial charge is 0.478 e. The van der Waals surface area contributed by atoms with Crippen LogP contribution in [-0.4, -0.2) is 11.1 Å². The zero-order valence-corrected chi connectivity index (χ0v) is 16.9. The van der Waals surface area contributed by atoms with Crippen LogP contribution in [0, 0.1) is 11.3 Å². The first kappa shape index (κ1) is 21.2. The van der Waals surface area contributed by atoms with Crippen LogP contribution in [0.1, 0.15) is 67.7 Å². The van der Waals surface area contributed by atoms with Gasteiger partial charge in [0.2, 0.25) is 0 Å². The third kappa shape index (κ3) is 6.19. The zero-order valence-electron chi connectivity index (χ0n) is 16.9. The van der Waals surface area contributed by atoms with Gasteiger partial charge in [0.25, 0.3) is 0 Å². The Balaban J connectivity index is 2.92. The van der Waals surface area contributed by atoms with Crippen LogP contribution in [0.4, 0.5) is 0 Å². The summed E-state index contributed by atoms with van der Waals surface area (Å²) in [5, 5.41) is 9.30. The van der Waals surface area contributed by atoms with Gasteiger partial charge in [0.05, 0.1) is 0 Å². The Bertz CT molecular complexity index is 650. The van der Waals surface area contributed by atoms with Crippen LogP contribution in [-0.2, 0) is 4.79 Å². The fraction of sp³-hybridized carbons (Fsp3) is 0.522. The molecule has 0 unspecified atom stereocenters. The summed E-state index contributed by atoms with van der Waals surface area (Å²) in [5.74, 6) is -0.824. The minimum atomic E-state index is -0.834. The summed E-state index contributed by atoms with van der Waals surface area (Å²) in [4.78, 5) is 11.3. The second-order valence-electron chi connectivity index (χ2n) is 8.09. The minimum Gasteiger partial charge on any atom is -0.478 e. The molecule has 1 aliphatic rings. The summed E-state index contributed by atoms with van der Waals surface area (Å²) in [5.41, 5.74) is 5.65. The summed E-state index contributed by atoms with van der Waals surface area (Å²) in [6.45, 7) is 14.6. The molecule has 0 saturated heterocycles. The molecular formula is C23H34O2. The Morgan fingerprint density at radius 2 is 1.84 bits per heavy atom. The minimum absolute atomic E-state index is 0.00978. The molecular weight excluding hydrogens is 308 g/mol. The molecule has 0 spiro atoms. The third-order valence-corrected chi connectivity index (χ3v) is 4.99. The molecule has 0 radical (unpaired) electrons. The first-order valence-corrected chi connectivity index (χ1v) is 9.23. The second kappa shape index (κ2) is 9.03. The number of allylic oxidation sites excluding steroid dienone is 9. The second-order valence-corrected chi connectivity index (χ2v) is 8.09. The van der Waals surface area contributed by atoms with Gasteiger partial charge in [-0.25, -0.2) is 4.79 Å². The van der Waals surface area contributed by atoms with Gasteiger partial charge in [-0.2, -0.15) is 0 Å². The molecule has 2 nitrogen and oxygen atoms in total. The third-order valence-electron chi connectivity index (χ3n) is 4.99. The fourth-order valence-electron chi connectivity index (χ4n) is 3.59. The van der Waals surface area contributed by atoms with Crippen LogP contribution in [0.5, 0.6) is 0 Å². The van der Waals surface area contributed by atoms with E-state index < -0.39 is 5.97 Å². The van der Waals surface area contributed by atoms with E-state index in [9.17, 15) is 9.90 Å². The summed E-state index contributed by atoms with van der Waals surface area (Å²) in [7, 11) is 0. The average Bonchev–Trinajstić information content (AvgIpc) is 2.45. The Morgan fingerprint density at radius 3 is 2.36 bits per heavy atom. The molecule has 2 heteroatoms. The molecule has 0 heterocycles. The zero-order chi connectivity index (χ0) is 19.2. The summed E-state index contributed by atoms with van der Waals surface area (Å²) in [6, 6.07) is 0. The molecule has 0 aromatic carbocycles. The van der Waals surface area contributed by atoms with Gasteiger partial charge in [-0.05, 0) is 62.5 Å². The molecule has 0 atom stereocenters. The van der Waals surface area contributed by atoms with Crippen molar-refractivity contribution in [3.8, 4) is 0 Å². The van der Waals surface area contributed by atoms with Crippen LogP contribution in [0.25, 0.3) is 0 Å². The Morgan fingerprint density at radius 1 is 1.20 bits per heavy atom. The molecule has 0 aromatic heterocycles. The standard InChI is InChI=1S/C23H34O2/c1-16(2)21(22(24)25)19(5)11-8-10-17(3)13-14-20-18(4)12-9-15-23(20,6)7/h8,10-11,13-14,16H,9,12,15H2,1-7H3,(H,24,25)/b11-8+,14-13+,17-10+,21-19-. The molecule has 0 amide bonds. The highest BCUT2D eigenvalue weighted by Crippen LogP contribution is 2.40. The van der Waals surface area contributed by atoms with Crippen molar-refractivity contribution in [2.75, 3.05) is 0 Å². The number of hydrogen-bond donors (Lipinski definition) is 1. The number of carboxylic acids is 1. The quantitative estimate of drug-likeness (QED) is 0.434. The number of carboxylic acid groups (broad SMARTS) is 1. The van der Waals surface area contributed by atoms with Crippen molar-refractivity contribution in [1.29, 1.82) is 0 Å². The van der Waals surface area contributed by atoms with Gasteiger partial charge in [-0.15, -0.1) is 0 Å². The van der Waals surface area contributed by atoms with Crippen LogP contribution < -0.4 is 0 Å². The lowest BCUT2D eigenvalue weighted by atomic mass is 9.72. The maximum atomic E-state index is 11.3. The maximum absolute atomic E-state index is 11.3. The number of rotatable bonds is 6. The molecule has 0 saturated carbocycles. The first-order chi connectivity index (χ1) is 11.6. The average molecular weight is 343 g/mol. The lowest BCUT2D eigenvalue weighted by molar-refractivity contribution is -0.133. The van der Waals surface area contributed by atoms with E-state index in [1.165, 1.54) is 30.4 Å². The van der Waals surface area contributed by atoms with E-state index in [2.05, 4.69) is 39.8 Å². The van der Waals surface area contributed by atoms with Gasteiger partial charge in [0.1, 0.15) is 0 Å². The van der Waals surface area contributed by atoms with E-state index >= 15 is 0 Å². The molecule has 1 rings (SSSR count). The summed E-state index contributed by atoms with van der Waals surface area (Å²) >= 11 is 0. The van der Waals surface area contributed by atoms with E-state index in [0.29, 0.717) is 5.57 Å². The monoisotopic (exact) mass is 342 g/mol. The Labute approximate surface area is 153 Å². The maximum Gasteiger partial charge on any atom is 0.332 e. The van der Waals surface area contributed by atoms with E-state index in [1.807, 2.05) is 39.0 Å². The van der Waals surface area contributed by atoms with Crippen LogP contribution in [0.15, 0.2) is 58.2 Å². The summed E-state index contributed by atoms with van der Waals surface area (Å²) in [6.07, 6.45) is 14.0. The van der Waals surface area contributed by atoms with Crippen molar-refractivity contribution in [2.24, 2.45) is 11.3 Å². The van der Waals surface area contributed by atoms with Gasteiger partial charge in [0, 0.05) is 5.57 Å². The number of aliphatic carboxylic acids is 1. The molecule has 1 N–H and O–H groups in total. The first-order valence-electron chi connectivity index (χ1n) is 9.23. The van der Waals surface area contributed by atoms with Crippen molar-refractivity contribution < 1.29 is 9.90 Å². The predicted molar refractivity (Wildman–Crippen MR) is 108 cm³/mol. The van der Waals surface area contributed by atoms with Gasteiger partial charge in [-0.1, -0.05) is 69.2 Å². The smallest absolute Gasteiger partial charge is 0.332 e. The van der Waals surface area contributed by atoms with E-state index in [-0.39, 0.29) is 11.3 Å². The van der Waals surface area contributed by atoms with Crippen LogP contribution in [0.3, 0.4) is 0 Å². The van der Waals surface area contributed by atoms with Crippen LogP contribution >= 0.6 is 0 Å². The topological polar surface area (TPSA) is 37.3 Å². The van der Waals surface area contributed by atoms with Gasteiger partial charge >= 0.3 is 5.97 Å². The molecule has 0 aromatic rings. The van der Waals surface area contributed by atoms with Crippen molar-refractivity contribution in [3.63, 3.8) is 0 Å². The summed E-state index contributed by atoms with van der Waals surface area (Å²) < 4.78 is 0. The molecule has 0 fully saturated rings. The molecule has 0 bridgehead atoms. The highest BCUT2D eigenvalue weighted by atomic mass is 16.4. The Kier molecular flexibility index (Phi) is 7.66. The van der Waals surface area contributed by atoms with Gasteiger partial charge in [0.15, 0.2) is 0 Å². The molecule has 0 aliphatic heterocycles. The molecule has 25 heavy (non-hydrogen) atoms. The molecule has 1 aliphatic carbocycles. The Hall–Kier alpha value is -1.83. The van der Waals surface area contributed by atoms with Crippen molar-refractivity contribution in [1.82, 2.24) is 0 Å². The number of carbonyl (C=O) groups is 1. The van der Waals surface area contributed by atoms with Crippen molar-refractivity contribution in [2.45, 2.75) is 67.7 Å². The SMILES string of the molecule is CC1=C(/C=C/C(C)=C/C=C/C(C)=C(\C(=O)O)C(C)C)C(C)(C)CCC1. The highest BCUT2D eigenvalue weighted by Gasteiger charge is 2.26. The van der Waals surface area contributed by atoms with E-state index in [1.54, 1.807) is 0 Å². The lowest BCUT2D eigenvalue weighted by Crippen LogP contribution is -2.19. The van der Waals surface area contributed by atoms with E-state index in [0.717, 1.165) is 11.1 Å². The number of hydrogen-bond acceptors (Lipinski definition) is 1. The predicted octanol–water partition coefficient (Wildman–Crippen LogP) is 6.63. The lowest BCUT2D eigenvalue weighted by Gasteiger charge is -2.32. The van der Waals surface area contributed by atoms with Crippen LogP contribution in [0.2, 0.25) is 0 Å². The molecule has 138 valence electrons. The van der Waals surface area contributed by atoms with Crippen molar-refractivity contribution in [3.05, 3.63) is 58.2 Å². The highest BCUT2D eigenvalue weighted by molar-refractivity contribution is 5.88. The van der Waals surface area contributed by atoms with E-state index in [4.69, 9.17) is 0 Å². The normalized spacial score (nSPS) is 19.9. The fourth-order valence-corrected chi connectivity index (χ4v) is 3.59.